The number of piperazine rings is 1. The molecule has 0 unspecified atom stereocenters. The van der Waals surface area contributed by atoms with E-state index in [0.29, 0.717) is 56.3 Å². The summed E-state index contributed by atoms with van der Waals surface area (Å²) >= 11 is 1.59. The average Bonchev–Trinajstić information content (AvgIpc) is 3.36. The van der Waals surface area contributed by atoms with E-state index in [0.717, 1.165) is 15.3 Å². The number of amides is 1. The number of thiazole rings is 1. The first-order valence-corrected chi connectivity index (χ1v) is 15.5. The monoisotopic (exact) mass is 574 g/mol. The highest BCUT2D eigenvalue weighted by Crippen LogP contribution is 2.40. The van der Waals surface area contributed by atoms with Gasteiger partial charge in [-0.1, -0.05) is 39.0 Å². The highest BCUT2D eigenvalue weighted by molar-refractivity contribution is 7.89. The summed E-state index contributed by atoms with van der Waals surface area (Å²) in [5.74, 6) is 1.59. The lowest BCUT2D eigenvalue weighted by Crippen LogP contribution is -2.48. The molecule has 0 bridgehead atoms. The molecule has 212 valence electrons. The molecule has 1 saturated heterocycles. The summed E-state index contributed by atoms with van der Waals surface area (Å²) in [6.07, 6.45) is 0. The molecule has 11 heteroatoms. The van der Waals surface area contributed by atoms with Crippen molar-refractivity contribution < 1.29 is 22.7 Å². The molecule has 39 heavy (non-hydrogen) atoms. The minimum Gasteiger partial charge on any atom is -0.493 e. The van der Waals surface area contributed by atoms with E-state index >= 15 is 0 Å². The number of anilines is 1. The molecule has 2 heterocycles. The van der Waals surface area contributed by atoms with Gasteiger partial charge in [0.05, 0.1) is 23.8 Å². The van der Waals surface area contributed by atoms with Gasteiger partial charge >= 0.3 is 0 Å². The van der Waals surface area contributed by atoms with E-state index < -0.39 is 10.0 Å². The number of nitrogens with zero attached hydrogens (tertiary/aromatic N) is 4. The van der Waals surface area contributed by atoms with E-state index in [1.165, 1.54) is 0 Å². The fourth-order valence-corrected chi connectivity index (χ4v) is 7.50. The Morgan fingerprint density at radius 2 is 1.56 bits per heavy atom. The molecule has 0 N–H and O–H groups in total. The van der Waals surface area contributed by atoms with Crippen molar-refractivity contribution in [3.8, 4) is 11.5 Å². The summed E-state index contributed by atoms with van der Waals surface area (Å²) < 4.78 is 40.1. The lowest BCUT2D eigenvalue weighted by molar-refractivity contribution is 0.0746. The Balaban J connectivity index is 1.43. The molecule has 1 aliphatic rings. The van der Waals surface area contributed by atoms with Gasteiger partial charge in [-0.3, -0.25) is 4.79 Å². The van der Waals surface area contributed by atoms with Gasteiger partial charge in [0.25, 0.3) is 5.91 Å². The lowest BCUT2D eigenvalue weighted by atomic mass is 10.2. The van der Waals surface area contributed by atoms with Gasteiger partial charge in [0, 0.05) is 44.8 Å². The third-order valence-corrected chi connectivity index (χ3v) is 9.53. The highest BCUT2D eigenvalue weighted by Gasteiger charge is 2.28. The van der Waals surface area contributed by atoms with Crippen molar-refractivity contribution in [3.05, 3.63) is 42.0 Å². The number of carbonyl (C=O) groups excluding carboxylic acids is 1. The van der Waals surface area contributed by atoms with Crippen molar-refractivity contribution in [2.75, 3.05) is 58.4 Å². The fraction of sp³-hybridized carbons (Fsp3) is 0.500. The predicted molar refractivity (Wildman–Crippen MR) is 156 cm³/mol. The molecule has 1 aromatic heterocycles. The van der Waals surface area contributed by atoms with Crippen LogP contribution in [0.2, 0.25) is 0 Å². The van der Waals surface area contributed by atoms with Crippen LogP contribution < -0.4 is 14.4 Å². The summed E-state index contributed by atoms with van der Waals surface area (Å²) in [6.45, 7) is 11.3. The van der Waals surface area contributed by atoms with Gasteiger partial charge < -0.3 is 19.3 Å². The van der Waals surface area contributed by atoms with Crippen molar-refractivity contribution in [3.63, 3.8) is 0 Å². The quantitative estimate of drug-likeness (QED) is 0.350. The van der Waals surface area contributed by atoms with Crippen LogP contribution in [0.1, 0.15) is 38.1 Å². The maximum atomic E-state index is 13.3. The van der Waals surface area contributed by atoms with Gasteiger partial charge in [-0.25, -0.2) is 13.4 Å². The number of carbonyl (C=O) groups is 1. The lowest BCUT2D eigenvalue weighted by Gasteiger charge is -2.34. The van der Waals surface area contributed by atoms with Crippen molar-refractivity contribution >= 4 is 42.6 Å². The molecule has 1 aliphatic heterocycles. The van der Waals surface area contributed by atoms with Crippen molar-refractivity contribution in [1.29, 1.82) is 0 Å². The molecule has 0 aliphatic carbocycles. The second-order valence-electron chi connectivity index (χ2n) is 10.6. The molecule has 2 aromatic carbocycles. The Morgan fingerprint density at radius 1 is 0.949 bits per heavy atom. The van der Waals surface area contributed by atoms with Gasteiger partial charge in [-0.15, -0.1) is 0 Å². The van der Waals surface area contributed by atoms with Gasteiger partial charge in [0.1, 0.15) is 5.52 Å². The van der Waals surface area contributed by atoms with Gasteiger partial charge in [-0.05, 0) is 48.2 Å². The molecule has 9 nitrogen and oxygen atoms in total. The van der Waals surface area contributed by atoms with Crippen molar-refractivity contribution in [2.24, 2.45) is 11.8 Å². The average molecular weight is 575 g/mol. The number of hydrogen-bond acceptors (Lipinski definition) is 8. The summed E-state index contributed by atoms with van der Waals surface area (Å²) in [4.78, 5) is 22.2. The predicted octanol–water partition coefficient (Wildman–Crippen LogP) is 4.58. The van der Waals surface area contributed by atoms with E-state index in [4.69, 9.17) is 14.5 Å². The first-order valence-electron chi connectivity index (χ1n) is 13.2. The zero-order chi connectivity index (χ0) is 28.3. The van der Waals surface area contributed by atoms with Gasteiger partial charge in [0.15, 0.2) is 16.6 Å². The smallest absolute Gasteiger partial charge is 0.253 e. The molecular formula is C28H38N4O5S2. The molecule has 0 radical (unpaired) electrons. The van der Waals surface area contributed by atoms with E-state index in [-0.39, 0.29) is 22.6 Å². The number of sulfonamides is 1. The normalized spacial score (nSPS) is 14.6. The number of methoxy groups -OCH3 is 2. The number of aromatic nitrogens is 1. The van der Waals surface area contributed by atoms with Crippen LogP contribution in [0.4, 0.5) is 5.13 Å². The van der Waals surface area contributed by atoms with Crippen molar-refractivity contribution in [1.82, 2.24) is 14.2 Å². The Labute approximate surface area is 235 Å². The largest absolute Gasteiger partial charge is 0.493 e. The summed E-state index contributed by atoms with van der Waals surface area (Å²) in [5, 5.41) is 0.880. The van der Waals surface area contributed by atoms with Crippen LogP contribution in [0.3, 0.4) is 0 Å². The van der Waals surface area contributed by atoms with E-state index in [2.05, 4.69) is 4.90 Å². The first-order chi connectivity index (χ1) is 18.5. The van der Waals surface area contributed by atoms with Crippen LogP contribution in [0.25, 0.3) is 10.2 Å². The summed E-state index contributed by atoms with van der Waals surface area (Å²) in [7, 11) is -0.426. The number of hydrogen-bond donors (Lipinski definition) is 0. The van der Waals surface area contributed by atoms with Crippen LogP contribution in [0.5, 0.6) is 11.5 Å². The van der Waals surface area contributed by atoms with E-state index in [9.17, 15) is 13.2 Å². The molecule has 0 spiro atoms. The first kappa shape index (κ1) is 29.1. The molecule has 0 atom stereocenters. The fourth-order valence-electron chi connectivity index (χ4n) is 4.72. The van der Waals surface area contributed by atoms with Gasteiger partial charge in [-0.2, -0.15) is 4.31 Å². The molecule has 4 rings (SSSR count). The van der Waals surface area contributed by atoms with Crippen LogP contribution in [0.15, 0.2) is 41.3 Å². The molecule has 3 aromatic rings. The Hall–Kier alpha value is -2.89. The zero-order valence-electron chi connectivity index (χ0n) is 23.5. The number of rotatable bonds is 10. The van der Waals surface area contributed by atoms with Crippen molar-refractivity contribution in [2.45, 2.75) is 32.6 Å². The Morgan fingerprint density at radius 3 is 2.10 bits per heavy atom. The molecular weight excluding hydrogens is 536 g/mol. The molecule has 1 fully saturated rings. The summed E-state index contributed by atoms with van der Waals surface area (Å²) in [5.41, 5.74) is 1.25. The van der Waals surface area contributed by atoms with Crippen LogP contribution in [-0.2, 0) is 10.0 Å². The second kappa shape index (κ2) is 12.1. The van der Waals surface area contributed by atoms with E-state index in [1.807, 2.05) is 39.8 Å². The molecule has 0 saturated carbocycles. The minimum atomic E-state index is -3.64. The zero-order valence-corrected chi connectivity index (χ0v) is 25.1. The van der Waals surface area contributed by atoms with Crippen LogP contribution in [-0.4, -0.2) is 82.0 Å². The minimum absolute atomic E-state index is 0.101. The maximum absolute atomic E-state index is 13.3. The Kier molecular flexibility index (Phi) is 9.03. The third-order valence-electron chi connectivity index (χ3n) is 6.61. The Bertz CT molecular complexity index is 1390. The molecule has 1 amide bonds. The van der Waals surface area contributed by atoms with E-state index in [1.54, 1.807) is 59.0 Å². The van der Waals surface area contributed by atoms with Crippen LogP contribution in [0, 0.1) is 11.8 Å². The SMILES string of the molecule is COc1ccc2sc(N3CCN(C(=O)c4ccc(S(=O)(=O)N(CC(C)C)CC(C)C)cc4)CC3)nc2c1OC. The highest BCUT2D eigenvalue weighted by atomic mass is 32.2. The number of ether oxygens (including phenoxy) is 2. The topological polar surface area (TPSA) is 92.3 Å². The number of benzene rings is 2. The maximum Gasteiger partial charge on any atom is 0.253 e. The third kappa shape index (κ3) is 6.31. The van der Waals surface area contributed by atoms with Gasteiger partial charge in [0.2, 0.25) is 10.0 Å². The standard InChI is InChI=1S/C28H38N4O5S2/c1-19(2)17-32(18-20(3)4)39(34,35)22-9-7-21(8-10-22)27(33)30-13-15-31(16-14-30)28-29-25-24(38-28)12-11-23(36-5)26(25)37-6/h7-12,19-20H,13-18H2,1-6H3. The summed E-state index contributed by atoms with van der Waals surface area (Å²) in [6, 6.07) is 10.2. The number of fused-ring (bicyclic) bond motifs is 1. The van der Waals surface area contributed by atoms with Crippen LogP contribution >= 0.6 is 11.3 Å². The second-order valence-corrected chi connectivity index (χ2v) is 13.5.